The van der Waals surface area contributed by atoms with E-state index in [0.29, 0.717) is 25.8 Å². The number of ether oxygens (including phenoxy) is 1. The number of methoxy groups -OCH3 is 1. The van der Waals surface area contributed by atoms with Crippen molar-refractivity contribution in [2.24, 2.45) is 11.8 Å². The lowest BCUT2D eigenvalue weighted by atomic mass is 9.78. The molecule has 0 aromatic rings. The van der Waals surface area contributed by atoms with E-state index in [4.69, 9.17) is 5.11 Å². The summed E-state index contributed by atoms with van der Waals surface area (Å²) in [6, 6.07) is 0. The van der Waals surface area contributed by atoms with Crippen LogP contribution in [0, 0.1) is 11.8 Å². The van der Waals surface area contributed by atoms with Crippen LogP contribution in [0.2, 0.25) is 0 Å². The van der Waals surface area contributed by atoms with Gasteiger partial charge in [0.1, 0.15) is 0 Å². The minimum Gasteiger partial charge on any atom is -0.481 e. The lowest BCUT2D eigenvalue weighted by Crippen LogP contribution is -2.40. The average molecular weight is 271 g/mol. The number of hydrogen-bond donors (Lipinski definition) is 2. The van der Waals surface area contributed by atoms with Crippen molar-refractivity contribution in [2.45, 2.75) is 38.5 Å². The second kappa shape index (κ2) is 7.76. The van der Waals surface area contributed by atoms with Gasteiger partial charge in [-0.2, -0.15) is 0 Å². The Kier molecular flexibility index (Phi) is 6.32. The van der Waals surface area contributed by atoms with Gasteiger partial charge < -0.3 is 15.2 Å². The fraction of sp³-hybridized carbons (Fsp3) is 0.769. The molecule has 1 rings (SSSR count). The van der Waals surface area contributed by atoms with Gasteiger partial charge in [-0.15, -0.1) is 0 Å². The Morgan fingerprint density at radius 2 is 1.84 bits per heavy atom. The number of carbonyl (C=O) groups is 3. The van der Waals surface area contributed by atoms with Gasteiger partial charge in [0, 0.05) is 13.0 Å². The van der Waals surface area contributed by atoms with Gasteiger partial charge in [0.2, 0.25) is 5.91 Å². The summed E-state index contributed by atoms with van der Waals surface area (Å²) in [5.74, 6) is -2.43. The molecule has 1 amide bonds. The number of nitrogens with one attached hydrogen (secondary N) is 1. The summed E-state index contributed by atoms with van der Waals surface area (Å²) in [4.78, 5) is 33.9. The first-order valence-electron chi connectivity index (χ1n) is 6.63. The van der Waals surface area contributed by atoms with E-state index in [9.17, 15) is 14.4 Å². The zero-order valence-corrected chi connectivity index (χ0v) is 11.2. The molecule has 19 heavy (non-hydrogen) atoms. The van der Waals surface area contributed by atoms with Crippen molar-refractivity contribution >= 4 is 17.8 Å². The quantitative estimate of drug-likeness (QED) is 0.554. The Labute approximate surface area is 112 Å². The molecule has 0 unspecified atom stereocenters. The summed E-state index contributed by atoms with van der Waals surface area (Å²) < 4.78 is 4.49. The van der Waals surface area contributed by atoms with Gasteiger partial charge in [-0.25, -0.2) is 0 Å². The second-order valence-electron chi connectivity index (χ2n) is 4.81. The first kappa shape index (κ1) is 15.5. The Bertz CT molecular complexity index is 342. The molecule has 2 N–H and O–H groups in total. The predicted octanol–water partition coefficient (Wildman–Crippen LogP) is 0.947. The highest BCUT2D eigenvalue weighted by Gasteiger charge is 2.35. The Balaban J connectivity index is 2.34. The molecule has 108 valence electrons. The van der Waals surface area contributed by atoms with E-state index in [1.54, 1.807) is 0 Å². The van der Waals surface area contributed by atoms with Gasteiger partial charge in [-0.05, 0) is 19.3 Å². The fourth-order valence-electron chi connectivity index (χ4n) is 2.42. The molecule has 0 aromatic heterocycles. The third kappa shape index (κ3) is 4.89. The highest BCUT2D eigenvalue weighted by Crippen LogP contribution is 2.30. The number of carbonyl (C=O) groups excluding carboxylic acids is 2. The zero-order valence-electron chi connectivity index (χ0n) is 11.2. The highest BCUT2D eigenvalue weighted by atomic mass is 16.5. The summed E-state index contributed by atoms with van der Waals surface area (Å²) in [5.41, 5.74) is 0. The maximum absolute atomic E-state index is 11.9. The summed E-state index contributed by atoms with van der Waals surface area (Å²) in [6.07, 6.45) is 3.70. The minimum absolute atomic E-state index is 0.211. The van der Waals surface area contributed by atoms with Crippen LogP contribution in [0.25, 0.3) is 0 Å². The molecule has 0 aromatic carbocycles. The molecule has 0 spiro atoms. The monoisotopic (exact) mass is 271 g/mol. The standard InChI is InChI=1S/C13H21NO5/c1-19-11(15)7-4-8-14-12(16)9-5-2-3-6-10(9)13(17)18/h9-10H,2-8H2,1H3,(H,14,16)(H,17,18)/t9-,10+/m1/s1. The number of carboxylic acids is 1. The van der Waals surface area contributed by atoms with Crippen molar-refractivity contribution in [1.82, 2.24) is 5.32 Å². The van der Waals surface area contributed by atoms with E-state index >= 15 is 0 Å². The van der Waals surface area contributed by atoms with Gasteiger partial charge in [0.15, 0.2) is 0 Å². The summed E-state index contributed by atoms with van der Waals surface area (Å²) in [5, 5.41) is 11.8. The van der Waals surface area contributed by atoms with Crippen molar-refractivity contribution in [3.63, 3.8) is 0 Å². The summed E-state index contributed by atoms with van der Waals surface area (Å²) >= 11 is 0. The van der Waals surface area contributed by atoms with Gasteiger partial charge in [-0.1, -0.05) is 12.8 Å². The molecule has 0 bridgehead atoms. The normalized spacial score (nSPS) is 22.6. The van der Waals surface area contributed by atoms with Crippen LogP contribution in [0.4, 0.5) is 0 Å². The molecule has 0 heterocycles. The summed E-state index contributed by atoms with van der Waals surface area (Å²) in [6.45, 7) is 0.372. The van der Waals surface area contributed by atoms with Crippen molar-refractivity contribution in [1.29, 1.82) is 0 Å². The average Bonchev–Trinajstić information content (AvgIpc) is 2.42. The largest absolute Gasteiger partial charge is 0.481 e. The van der Waals surface area contributed by atoms with Crippen LogP contribution in [-0.4, -0.2) is 36.6 Å². The molecule has 0 radical (unpaired) electrons. The SMILES string of the molecule is COC(=O)CCCNC(=O)[C@@H]1CCCC[C@@H]1C(=O)O. The van der Waals surface area contributed by atoms with Crippen LogP contribution in [0.3, 0.4) is 0 Å². The number of esters is 1. The third-order valence-electron chi connectivity index (χ3n) is 3.50. The molecule has 2 atom stereocenters. The van der Waals surface area contributed by atoms with Crippen molar-refractivity contribution in [3.05, 3.63) is 0 Å². The molecule has 1 aliphatic carbocycles. The topological polar surface area (TPSA) is 92.7 Å². The van der Waals surface area contributed by atoms with Crippen LogP contribution in [0.5, 0.6) is 0 Å². The van der Waals surface area contributed by atoms with E-state index in [1.807, 2.05) is 0 Å². The summed E-state index contributed by atoms with van der Waals surface area (Å²) in [7, 11) is 1.32. The molecular weight excluding hydrogens is 250 g/mol. The van der Waals surface area contributed by atoms with Gasteiger partial charge >= 0.3 is 11.9 Å². The van der Waals surface area contributed by atoms with E-state index in [0.717, 1.165) is 12.8 Å². The third-order valence-corrected chi connectivity index (χ3v) is 3.50. The van der Waals surface area contributed by atoms with E-state index < -0.39 is 17.8 Å². The maximum atomic E-state index is 11.9. The van der Waals surface area contributed by atoms with Crippen LogP contribution < -0.4 is 5.32 Å². The fourth-order valence-corrected chi connectivity index (χ4v) is 2.42. The molecule has 1 saturated carbocycles. The first-order valence-corrected chi connectivity index (χ1v) is 6.63. The van der Waals surface area contributed by atoms with Crippen molar-refractivity contribution in [2.75, 3.05) is 13.7 Å². The number of carboxylic acid groups (broad SMARTS) is 1. The lowest BCUT2D eigenvalue weighted by molar-refractivity contribution is -0.148. The lowest BCUT2D eigenvalue weighted by Gasteiger charge is -2.27. The van der Waals surface area contributed by atoms with Crippen LogP contribution in [0.15, 0.2) is 0 Å². The molecule has 6 heteroatoms. The van der Waals surface area contributed by atoms with Crippen molar-refractivity contribution < 1.29 is 24.2 Å². The maximum Gasteiger partial charge on any atom is 0.307 e. The van der Waals surface area contributed by atoms with Crippen molar-refractivity contribution in [3.8, 4) is 0 Å². The second-order valence-corrected chi connectivity index (χ2v) is 4.81. The molecule has 1 fully saturated rings. The van der Waals surface area contributed by atoms with Gasteiger partial charge in [0.05, 0.1) is 18.9 Å². The first-order chi connectivity index (χ1) is 9.06. The van der Waals surface area contributed by atoms with E-state index in [-0.39, 0.29) is 18.3 Å². The number of amides is 1. The predicted molar refractivity (Wildman–Crippen MR) is 67.3 cm³/mol. The van der Waals surface area contributed by atoms with Gasteiger partial charge in [-0.3, -0.25) is 14.4 Å². The van der Waals surface area contributed by atoms with E-state index in [1.165, 1.54) is 7.11 Å². The van der Waals surface area contributed by atoms with Crippen LogP contribution >= 0.6 is 0 Å². The minimum atomic E-state index is -0.894. The molecule has 1 aliphatic rings. The number of aliphatic carboxylic acids is 1. The molecule has 0 saturated heterocycles. The molecule has 6 nitrogen and oxygen atoms in total. The van der Waals surface area contributed by atoms with Gasteiger partial charge in [0.25, 0.3) is 0 Å². The number of hydrogen-bond acceptors (Lipinski definition) is 4. The zero-order chi connectivity index (χ0) is 14.3. The van der Waals surface area contributed by atoms with Crippen LogP contribution in [-0.2, 0) is 19.1 Å². The van der Waals surface area contributed by atoms with Crippen LogP contribution in [0.1, 0.15) is 38.5 Å². The highest BCUT2D eigenvalue weighted by molar-refractivity contribution is 5.84. The van der Waals surface area contributed by atoms with E-state index in [2.05, 4.69) is 10.1 Å². The Hall–Kier alpha value is -1.59. The molecular formula is C13H21NO5. The Morgan fingerprint density at radius 3 is 2.42 bits per heavy atom. The smallest absolute Gasteiger partial charge is 0.307 e. The Morgan fingerprint density at radius 1 is 1.21 bits per heavy atom. The molecule has 0 aliphatic heterocycles. The number of rotatable bonds is 6.